The molecular formula is C47H53ClN8O10S. The maximum atomic E-state index is 14.0. The van der Waals surface area contributed by atoms with Gasteiger partial charge in [-0.25, -0.2) is 0 Å². The summed E-state index contributed by atoms with van der Waals surface area (Å²) in [6.07, 6.45) is 1.68. The number of fused-ring (bicyclic) bond motifs is 2. The minimum absolute atomic E-state index is 0.0500. The van der Waals surface area contributed by atoms with Gasteiger partial charge in [0.1, 0.15) is 23.9 Å². The number of nitrogens with two attached hydrogens (primary N) is 2. The van der Waals surface area contributed by atoms with Gasteiger partial charge in [0.05, 0.1) is 36.6 Å². The Morgan fingerprint density at radius 1 is 0.896 bits per heavy atom. The van der Waals surface area contributed by atoms with Gasteiger partial charge in [-0.2, -0.15) is 0 Å². The standard InChI is InChI=1S/C43H42ClN7O10S.C4H11N/c1-50(32(40(45)57)13-16-38(55)56)36(53)21-48-42(59)31-18-23-3-14-33-29(17-23)30-19-27(10-15-34(30)62-61-33)39(43(60)46-20-35(52)49-31)51(2)37(54)22-47-41(58)26-6-4-24(5-7-26)25-8-11-28(44)12-9-25;1-2-3-4-5/h3-12,14-15,17,19,31-32,39H,13,16,18,20-22H2,1-2H3,(H2,45,57)(H,46,60)(H,47,58)(H,48,59)(H,49,52)(H,55,56);2-5H2,1H3/t31-,32?,39?;/m0./s1. The van der Waals surface area contributed by atoms with Crippen LogP contribution in [0.25, 0.3) is 22.3 Å². The first-order valence-electron chi connectivity index (χ1n) is 21.3. The summed E-state index contributed by atoms with van der Waals surface area (Å²) in [5.41, 5.74) is 14.9. The molecule has 67 heavy (non-hydrogen) atoms. The molecule has 2 aliphatic rings. The lowest BCUT2D eigenvalue weighted by Gasteiger charge is -2.30. The van der Waals surface area contributed by atoms with Crippen LogP contribution < -0.4 is 36.9 Å². The summed E-state index contributed by atoms with van der Waals surface area (Å²) in [4.78, 5) is 107. The minimum atomic E-state index is -1.28. The predicted octanol–water partition coefficient (Wildman–Crippen LogP) is 3.20. The van der Waals surface area contributed by atoms with E-state index in [2.05, 4.69) is 28.2 Å². The number of hydrogen-bond donors (Lipinski definition) is 7. The number of carboxylic acid groups (broad SMARTS) is 1. The molecule has 9 N–H and O–H groups in total. The van der Waals surface area contributed by atoms with Gasteiger partial charge >= 0.3 is 5.97 Å². The Kier molecular flexibility index (Phi) is 18.3. The Balaban J connectivity index is 0.00000159. The van der Waals surface area contributed by atoms with Gasteiger partial charge < -0.3 is 51.8 Å². The van der Waals surface area contributed by atoms with E-state index in [9.17, 15) is 38.4 Å². The van der Waals surface area contributed by atoms with Crippen LogP contribution in [0.5, 0.6) is 5.75 Å². The summed E-state index contributed by atoms with van der Waals surface area (Å²) >= 11 is 7.10. The number of aliphatic carboxylic acids is 1. The van der Waals surface area contributed by atoms with Crippen molar-refractivity contribution in [3.8, 4) is 28.0 Å². The molecule has 0 radical (unpaired) electrons. The van der Waals surface area contributed by atoms with E-state index in [0.29, 0.717) is 43.5 Å². The van der Waals surface area contributed by atoms with Gasteiger partial charge in [-0.15, -0.1) is 0 Å². The largest absolute Gasteiger partial charge is 0.481 e. The number of carboxylic acids is 1. The van der Waals surface area contributed by atoms with Crippen LogP contribution in [0.15, 0.2) is 89.8 Å². The Morgan fingerprint density at radius 3 is 2.19 bits per heavy atom. The third kappa shape index (κ3) is 13.8. The molecule has 4 aromatic rings. The third-order valence-corrected chi connectivity index (χ3v) is 12.0. The van der Waals surface area contributed by atoms with E-state index in [1.807, 2.05) is 12.1 Å². The lowest BCUT2D eigenvalue weighted by molar-refractivity contribution is -0.141. The van der Waals surface area contributed by atoms with Gasteiger partial charge in [-0.1, -0.05) is 61.3 Å². The predicted molar refractivity (Wildman–Crippen MR) is 251 cm³/mol. The van der Waals surface area contributed by atoms with Crippen molar-refractivity contribution in [1.82, 2.24) is 31.1 Å². The highest BCUT2D eigenvalue weighted by Gasteiger charge is 2.33. The second kappa shape index (κ2) is 24.0. The third-order valence-electron chi connectivity index (χ3n) is 10.9. The van der Waals surface area contributed by atoms with E-state index < -0.39 is 91.5 Å². The summed E-state index contributed by atoms with van der Waals surface area (Å²) in [5, 5.41) is 19.9. The number of amides is 7. The number of benzene rings is 4. The Bertz CT molecular complexity index is 2490. The zero-order chi connectivity index (χ0) is 48.8. The molecule has 0 saturated heterocycles. The first-order valence-corrected chi connectivity index (χ1v) is 22.5. The zero-order valence-electron chi connectivity index (χ0n) is 37.1. The first-order chi connectivity index (χ1) is 32.0. The van der Waals surface area contributed by atoms with Gasteiger partial charge in [0.25, 0.3) is 5.91 Å². The number of nitrogens with zero attached hydrogens (tertiary/aromatic N) is 2. The maximum Gasteiger partial charge on any atom is 0.303 e. The molecule has 20 heteroatoms. The van der Waals surface area contributed by atoms with Crippen molar-refractivity contribution in [2.24, 2.45) is 11.5 Å². The zero-order valence-corrected chi connectivity index (χ0v) is 38.7. The number of primary amides is 1. The molecule has 6 rings (SSSR count). The van der Waals surface area contributed by atoms with Crippen LogP contribution in [-0.4, -0.2) is 115 Å². The molecule has 2 aliphatic heterocycles. The number of carbonyl (C=O) groups is 8. The van der Waals surface area contributed by atoms with Crippen LogP contribution in [0.1, 0.15) is 60.1 Å². The number of halogens is 1. The molecule has 7 amide bonds. The molecule has 0 aromatic heterocycles. The van der Waals surface area contributed by atoms with Crippen LogP contribution in [0.3, 0.4) is 0 Å². The normalized spacial score (nSPS) is 15.4. The Morgan fingerprint density at radius 2 is 1.57 bits per heavy atom. The lowest BCUT2D eigenvalue weighted by Crippen LogP contribution is -2.54. The topological polar surface area (TPSA) is 273 Å². The van der Waals surface area contributed by atoms with E-state index >= 15 is 0 Å². The highest BCUT2D eigenvalue weighted by molar-refractivity contribution is 7.95. The van der Waals surface area contributed by atoms with Crippen molar-refractivity contribution in [2.75, 3.05) is 40.3 Å². The van der Waals surface area contributed by atoms with Crippen LogP contribution in [0, 0.1) is 0 Å². The molecule has 18 nitrogen and oxygen atoms in total. The maximum absolute atomic E-state index is 14.0. The summed E-state index contributed by atoms with van der Waals surface area (Å²) < 4.78 is 5.92. The number of hydrogen-bond acceptors (Lipinski definition) is 11. The number of likely N-dealkylation sites (N-methyl/N-ethyl adjacent to an activating group) is 2. The molecular weight excluding hydrogens is 904 g/mol. The average Bonchev–Trinajstić information content (AvgIpc) is 3.31. The van der Waals surface area contributed by atoms with E-state index in [1.165, 1.54) is 31.8 Å². The van der Waals surface area contributed by atoms with Crippen LogP contribution >= 0.6 is 23.6 Å². The summed E-state index contributed by atoms with van der Waals surface area (Å²) in [6.45, 7) is 1.30. The molecule has 3 atom stereocenters. The smallest absolute Gasteiger partial charge is 0.303 e. The molecule has 354 valence electrons. The van der Waals surface area contributed by atoms with Crippen LogP contribution in [0.4, 0.5) is 0 Å². The molecule has 0 fully saturated rings. The minimum Gasteiger partial charge on any atom is -0.481 e. The van der Waals surface area contributed by atoms with E-state index in [4.69, 9.17) is 32.4 Å². The fraction of sp³-hybridized carbons (Fsp3) is 0.319. The van der Waals surface area contributed by atoms with Crippen LogP contribution in [0.2, 0.25) is 5.02 Å². The van der Waals surface area contributed by atoms with Gasteiger partial charge in [0.2, 0.25) is 35.4 Å². The number of carbonyl (C=O) groups excluding carboxylic acids is 7. The summed E-state index contributed by atoms with van der Waals surface area (Å²) in [6, 6.07) is 20.6. The highest BCUT2D eigenvalue weighted by Crippen LogP contribution is 2.45. The quantitative estimate of drug-likeness (QED) is 0.0847. The lowest BCUT2D eigenvalue weighted by atomic mass is 9.94. The van der Waals surface area contributed by atoms with Gasteiger partial charge in [-0.3, -0.25) is 38.4 Å². The van der Waals surface area contributed by atoms with Gasteiger partial charge in [0.15, 0.2) is 0 Å². The fourth-order valence-corrected chi connectivity index (χ4v) is 7.97. The summed E-state index contributed by atoms with van der Waals surface area (Å²) in [7, 11) is 2.66. The highest BCUT2D eigenvalue weighted by atomic mass is 35.5. The SMILES string of the molecule is CCCCN.CN(C(=O)CNC(=O)[C@@H]1Cc2ccc3c(c2)-c2cc(ccc2SO3)C(N(C)C(=O)CNC(=O)c2ccc(-c3ccc(Cl)cc3)cc2)C(=O)NCC(=O)N1)C(CCC(=O)O)C(N)=O. The molecule has 4 bridgehead atoms. The van der Waals surface area contributed by atoms with Crippen molar-refractivity contribution in [3.63, 3.8) is 0 Å². The van der Waals surface area contributed by atoms with E-state index in [1.54, 1.807) is 72.8 Å². The monoisotopic (exact) mass is 956 g/mol. The molecule has 4 aromatic carbocycles. The number of nitrogens with one attached hydrogen (secondary N) is 4. The van der Waals surface area contributed by atoms with E-state index in [-0.39, 0.29) is 12.8 Å². The molecule has 0 spiro atoms. The molecule has 2 unspecified atom stereocenters. The summed E-state index contributed by atoms with van der Waals surface area (Å²) in [5.74, 6) is -5.75. The average molecular weight is 958 g/mol. The van der Waals surface area contributed by atoms with Crippen molar-refractivity contribution in [2.45, 2.75) is 62.0 Å². The Hall–Kier alpha value is -6.96. The van der Waals surface area contributed by atoms with Gasteiger partial charge in [-0.05, 0) is 90.2 Å². The van der Waals surface area contributed by atoms with E-state index in [0.717, 1.165) is 34.6 Å². The van der Waals surface area contributed by atoms with Gasteiger partial charge in [0, 0.05) is 48.6 Å². The Labute approximate surface area is 396 Å². The van der Waals surface area contributed by atoms with Crippen molar-refractivity contribution < 1.29 is 47.6 Å². The molecule has 2 heterocycles. The molecule has 0 aliphatic carbocycles. The number of rotatable bonds is 15. The number of unbranched alkanes of at least 4 members (excludes halogenated alkanes) is 1. The molecule has 0 saturated carbocycles. The first kappa shape index (κ1) is 51.0. The van der Waals surface area contributed by atoms with Crippen molar-refractivity contribution in [3.05, 3.63) is 107 Å². The fourth-order valence-electron chi connectivity index (χ4n) is 7.14. The van der Waals surface area contributed by atoms with Crippen LogP contribution in [-0.2, 0) is 40.0 Å². The van der Waals surface area contributed by atoms with Crippen molar-refractivity contribution in [1.29, 1.82) is 0 Å². The second-order valence-corrected chi connectivity index (χ2v) is 16.9. The second-order valence-electron chi connectivity index (χ2n) is 15.7. The van der Waals surface area contributed by atoms with Crippen molar-refractivity contribution >= 4 is 71.0 Å².